The van der Waals surface area contributed by atoms with E-state index in [0.29, 0.717) is 0 Å². The number of hydrogen-bond acceptors (Lipinski definition) is 4. The van der Waals surface area contributed by atoms with Crippen LogP contribution in [0.15, 0.2) is 0 Å². The molecule has 25 heavy (non-hydrogen) atoms. The molecule has 142 valence electrons. The second-order valence-corrected chi connectivity index (χ2v) is 5.35. The van der Waals surface area contributed by atoms with E-state index in [1.54, 1.807) is 0 Å². The molecule has 0 saturated heterocycles. The van der Waals surface area contributed by atoms with Crippen molar-refractivity contribution in [1.82, 2.24) is 0 Å². The van der Waals surface area contributed by atoms with Gasteiger partial charge in [-0.05, 0) is 12.3 Å². The monoisotopic (exact) mass is 373 g/mol. The number of ether oxygens (including phenoxy) is 2. The maximum absolute atomic E-state index is 14.2. The number of halogens is 6. The first-order valence-corrected chi connectivity index (χ1v) is 7.21. The molecule has 0 aliphatic carbocycles. The largest absolute Gasteiger partial charge is 0.487 e. The van der Waals surface area contributed by atoms with Crippen LogP contribution in [0.3, 0.4) is 0 Å². The summed E-state index contributed by atoms with van der Waals surface area (Å²) in [5.74, 6) is -7.59. The summed E-state index contributed by atoms with van der Waals surface area (Å²) in [6, 6.07) is 0. The zero-order chi connectivity index (χ0) is 19.4. The number of hydrogen-bond donors (Lipinski definition) is 1. The quantitative estimate of drug-likeness (QED) is 0.257. The number of nitrogen functional groups attached to an aromatic ring is 1. The van der Waals surface area contributed by atoms with Crippen molar-refractivity contribution in [3.8, 4) is 5.75 Å². The Morgan fingerprint density at radius 1 is 1.16 bits per heavy atom. The number of methoxy groups -OCH3 is 1. The number of anilines is 1. The first-order chi connectivity index (χ1) is 11.5. The van der Waals surface area contributed by atoms with Crippen LogP contribution >= 0.6 is 0 Å². The normalized spacial score (nSPS) is 12.8. The van der Waals surface area contributed by atoms with Gasteiger partial charge in [-0.2, -0.15) is 17.6 Å². The zero-order valence-electron chi connectivity index (χ0n) is 13.5. The highest BCUT2D eigenvalue weighted by Gasteiger charge is 2.30. The van der Waals surface area contributed by atoms with Crippen molar-refractivity contribution < 1.29 is 40.6 Å². The van der Waals surface area contributed by atoms with Crippen LogP contribution in [0.1, 0.15) is 37.7 Å². The lowest BCUT2D eigenvalue weighted by molar-refractivity contribution is -0.141. The van der Waals surface area contributed by atoms with Crippen LogP contribution in [-0.2, 0) is 9.53 Å². The molecule has 0 radical (unpaired) electrons. The minimum Gasteiger partial charge on any atom is -0.487 e. The van der Waals surface area contributed by atoms with E-state index in [4.69, 9.17) is 5.73 Å². The number of carbonyl (C=O) groups excluding carboxylic acids is 1. The summed E-state index contributed by atoms with van der Waals surface area (Å²) in [6.45, 7) is 0.637. The lowest BCUT2D eigenvalue weighted by atomic mass is 9.94. The van der Waals surface area contributed by atoms with Gasteiger partial charge >= 0.3 is 12.1 Å². The summed E-state index contributed by atoms with van der Waals surface area (Å²) in [6.07, 6.45) is -6.60. The summed E-state index contributed by atoms with van der Waals surface area (Å²) >= 11 is 0. The van der Waals surface area contributed by atoms with E-state index in [9.17, 15) is 31.1 Å². The highest BCUT2D eigenvalue weighted by Crippen LogP contribution is 2.37. The first kappa shape index (κ1) is 20.9. The second-order valence-electron chi connectivity index (χ2n) is 5.35. The second kappa shape index (κ2) is 8.30. The summed E-state index contributed by atoms with van der Waals surface area (Å²) in [7, 11) is 1.09. The molecule has 0 unspecified atom stereocenters. The van der Waals surface area contributed by atoms with Crippen LogP contribution in [0, 0.1) is 17.5 Å². The smallest absolute Gasteiger partial charge is 0.389 e. The number of alkyl halides is 3. The lowest BCUT2D eigenvalue weighted by Crippen LogP contribution is -2.15. The Balaban J connectivity index is 3.02. The molecule has 1 rings (SSSR count). The minimum atomic E-state index is -4.45. The Morgan fingerprint density at radius 2 is 1.76 bits per heavy atom. The maximum atomic E-state index is 14.2. The van der Waals surface area contributed by atoms with Crippen LogP contribution in [0.4, 0.5) is 32.0 Å². The predicted molar refractivity (Wildman–Crippen MR) is 76.6 cm³/mol. The molecule has 1 aromatic rings. The van der Waals surface area contributed by atoms with E-state index in [1.807, 2.05) is 0 Å². The van der Waals surface area contributed by atoms with Crippen LogP contribution in [-0.4, -0.2) is 25.9 Å². The molecule has 0 bridgehead atoms. The molecule has 0 amide bonds. The summed E-state index contributed by atoms with van der Waals surface area (Å²) in [4.78, 5) is 11.2. The fourth-order valence-corrected chi connectivity index (χ4v) is 2.16. The van der Waals surface area contributed by atoms with E-state index < -0.39 is 72.0 Å². The van der Waals surface area contributed by atoms with Gasteiger partial charge in [-0.3, -0.25) is 4.79 Å². The molecule has 0 aromatic heterocycles. The number of esters is 1. The molecular formula is C15H17F6NO3. The molecular weight excluding hydrogens is 356 g/mol. The fraction of sp³-hybridized carbons (Fsp3) is 0.533. The van der Waals surface area contributed by atoms with Crippen LogP contribution in [0.2, 0.25) is 0 Å². The van der Waals surface area contributed by atoms with Gasteiger partial charge in [0.05, 0.1) is 25.8 Å². The van der Waals surface area contributed by atoms with Crippen molar-refractivity contribution in [1.29, 1.82) is 0 Å². The Kier molecular flexibility index (Phi) is 6.95. The van der Waals surface area contributed by atoms with Crippen LogP contribution in [0.5, 0.6) is 5.75 Å². The maximum Gasteiger partial charge on any atom is 0.389 e. The SMILES string of the molecule is COC(=O)C[C@H](C)c1c(N)c(F)c(OCCCC(F)(F)F)c(F)c1F. The lowest BCUT2D eigenvalue weighted by Gasteiger charge is -2.18. The summed E-state index contributed by atoms with van der Waals surface area (Å²) in [5, 5.41) is 0. The van der Waals surface area contributed by atoms with Crippen LogP contribution in [0.25, 0.3) is 0 Å². The van der Waals surface area contributed by atoms with Crippen molar-refractivity contribution >= 4 is 11.7 Å². The van der Waals surface area contributed by atoms with Gasteiger partial charge in [0.15, 0.2) is 17.4 Å². The molecule has 4 nitrogen and oxygen atoms in total. The minimum absolute atomic E-state index is 0.373. The first-order valence-electron chi connectivity index (χ1n) is 7.21. The Hall–Kier alpha value is -2.13. The molecule has 2 N–H and O–H groups in total. The summed E-state index contributed by atoms with van der Waals surface area (Å²) < 4.78 is 87.4. The molecule has 0 aliphatic heterocycles. The third-order valence-corrected chi connectivity index (χ3v) is 3.40. The zero-order valence-corrected chi connectivity index (χ0v) is 13.5. The third kappa shape index (κ3) is 5.43. The van der Waals surface area contributed by atoms with Gasteiger partial charge in [0.2, 0.25) is 5.82 Å². The molecule has 0 fully saturated rings. The van der Waals surface area contributed by atoms with E-state index in [2.05, 4.69) is 9.47 Å². The molecule has 10 heteroatoms. The number of benzene rings is 1. The Bertz CT molecular complexity index is 604. The highest BCUT2D eigenvalue weighted by atomic mass is 19.4. The van der Waals surface area contributed by atoms with Gasteiger partial charge in [-0.15, -0.1) is 0 Å². The van der Waals surface area contributed by atoms with Crippen LogP contribution < -0.4 is 10.5 Å². The number of carbonyl (C=O) groups is 1. The van der Waals surface area contributed by atoms with Crippen molar-refractivity contribution in [2.75, 3.05) is 19.5 Å². The van der Waals surface area contributed by atoms with Gasteiger partial charge in [0, 0.05) is 12.0 Å². The van der Waals surface area contributed by atoms with Gasteiger partial charge < -0.3 is 15.2 Å². The molecule has 0 aliphatic rings. The predicted octanol–water partition coefficient (Wildman–Crippen LogP) is 4.07. The van der Waals surface area contributed by atoms with Crippen molar-refractivity contribution in [2.45, 2.75) is 38.3 Å². The van der Waals surface area contributed by atoms with E-state index in [-0.39, 0.29) is 6.42 Å². The number of nitrogens with two attached hydrogens (primary N) is 1. The van der Waals surface area contributed by atoms with Gasteiger partial charge in [0.1, 0.15) is 0 Å². The Labute approximate surface area is 139 Å². The standard InChI is InChI=1S/C15H17F6NO3/c1-7(6-8(23)24-2)9-10(16)11(17)14(12(18)13(9)22)25-5-3-4-15(19,20)21/h7H,3-6,22H2,1-2H3/t7-/m0/s1. The molecule has 1 aromatic carbocycles. The van der Waals surface area contributed by atoms with E-state index in [0.717, 1.165) is 7.11 Å². The summed E-state index contributed by atoms with van der Waals surface area (Å²) in [5.41, 5.74) is 4.11. The topological polar surface area (TPSA) is 61.5 Å². The molecule has 1 atom stereocenters. The number of rotatable bonds is 7. The van der Waals surface area contributed by atoms with Crippen molar-refractivity contribution in [2.24, 2.45) is 0 Å². The molecule has 0 spiro atoms. The fourth-order valence-electron chi connectivity index (χ4n) is 2.16. The average Bonchev–Trinajstić information content (AvgIpc) is 2.51. The van der Waals surface area contributed by atoms with Gasteiger partial charge in [-0.1, -0.05) is 6.92 Å². The average molecular weight is 373 g/mol. The van der Waals surface area contributed by atoms with E-state index in [1.165, 1.54) is 6.92 Å². The van der Waals surface area contributed by atoms with Crippen molar-refractivity contribution in [3.05, 3.63) is 23.0 Å². The van der Waals surface area contributed by atoms with E-state index >= 15 is 0 Å². The van der Waals surface area contributed by atoms with Crippen molar-refractivity contribution in [3.63, 3.8) is 0 Å². The van der Waals surface area contributed by atoms with Gasteiger partial charge in [-0.25, -0.2) is 8.78 Å². The third-order valence-electron chi connectivity index (χ3n) is 3.40. The molecule has 0 saturated carbocycles. The van der Waals surface area contributed by atoms with Gasteiger partial charge in [0.25, 0.3) is 0 Å². The molecule has 0 heterocycles. The highest BCUT2D eigenvalue weighted by molar-refractivity contribution is 5.71. The Morgan fingerprint density at radius 3 is 2.28 bits per heavy atom.